The Labute approximate surface area is 66.2 Å². The molecule has 0 radical (unpaired) electrons. The molecule has 0 saturated heterocycles. The number of hydrogen-bond acceptors (Lipinski definition) is 3. The summed E-state index contributed by atoms with van der Waals surface area (Å²) in [7, 11) is 0. The monoisotopic (exact) mass is 163 g/mol. The van der Waals surface area contributed by atoms with Gasteiger partial charge in [0, 0.05) is 5.75 Å². The van der Waals surface area contributed by atoms with Crippen LogP contribution < -0.4 is 5.32 Å². The normalized spacial score (nSPS) is 13.0. The van der Waals surface area contributed by atoms with Gasteiger partial charge in [-0.15, -0.1) is 0 Å². The molecule has 0 rings (SSSR count). The van der Waals surface area contributed by atoms with Crippen LogP contribution in [0, 0.1) is 0 Å². The Morgan fingerprint density at radius 3 is 2.70 bits per heavy atom. The molecule has 0 aromatic heterocycles. The van der Waals surface area contributed by atoms with Gasteiger partial charge in [0.2, 0.25) is 0 Å². The lowest BCUT2D eigenvalue weighted by molar-refractivity contribution is -0.138. The molecule has 0 spiro atoms. The molecule has 3 nitrogen and oxygen atoms in total. The molecule has 1 atom stereocenters. The van der Waals surface area contributed by atoms with E-state index in [0.717, 1.165) is 13.0 Å². The molecule has 0 unspecified atom stereocenters. The van der Waals surface area contributed by atoms with Gasteiger partial charge in [-0.2, -0.15) is 12.6 Å². The Hall–Kier alpha value is -0.220. The van der Waals surface area contributed by atoms with Crippen LogP contribution in [-0.4, -0.2) is 29.4 Å². The van der Waals surface area contributed by atoms with Crippen LogP contribution in [0.4, 0.5) is 0 Å². The SMILES string of the molecule is CCCN[C@H](CS)C(=O)O. The van der Waals surface area contributed by atoms with Crippen LogP contribution in [0.3, 0.4) is 0 Å². The fraction of sp³-hybridized carbons (Fsp3) is 0.833. The first kappa shape index (κ1) is 9.78. The quantitative estimate of drug-likeness (QED) is 0.513. The van der Waals surface area contributed by atoms with E-state index < -0.39 is 12.0 Å². The first-order valence-electron chi connectivity index (χ1n) is 3.29. The molecule has 0 bridgehead atoms. The van der Waals surface area contributed by atoms with Crippen molar-refractivity contribution in [2.45, 2.75) is 19.4 Å². The lowest BCUT2D eigenvalue weighted by atomic mass is 10.3. The highest BCUT2D eigenvalue weighted by atomic mass is 32.1. The highest BCUT2D eigenvalue weighted by molar-refractivity contribution is 7.80. The lowest BCUT2D eigenvalue weighted by Gasteiger charge is -2.09. The molecular weight excluding hydrogens is 150 g/mol. The summed E-state index contributed by atoms with van der Waals surface area (Å²) in [6.45, 7) is 2.72. The Morgan fingerprint density at radius 1 is 1.80 bits per heavy atom. The molecule has 0 aliphatic carbocycles. The van der Waals surface area contributed by atoms with E-state index in [0.29, 0.717) is 5.75 Å². The maximum absolute atomic E-state index is 10.3. The smallest absolute Gasteiger partial charge is 0.321 e. The van der Waals surface area contributed by atoms with Crippen LogP contribution in [0.1, 0.15) is 13.3 Å². The van der Waals surface area contributed by atoms with Gasteiger partial charge >= 0.3 is 5.97 Å². The summed E-state index contributed by atoms with van der Waals surface area (Å²) in [4.78, 5) is 10.3. The van der Waals surface area contributed by atoms with Crippen molar-refractivity contribution >= 4 is 18.6 Å². The van der Waals surface area contributed by atoms with Gasteiger partial charge in [0.25, 0.3) is 0 Å². The Morgan fingerprint density at radius 2 is 2.40 bits per heavy atom. The summed E-state index contributed by atoms with van der Waals surface area (Å²) in [5.74, 6) is -0.488. The van der Waals surface area contributed by atoms with Crippen LogP contribution >= 0.6 is 12.6 Å². The molecule has 0 aromatic rings. The van der Waals surface area contributed by atoms with Gasteiger partial charge < -0.3 is 10.4 Å². The first-order valence-corrected chi connectivity index (χ1v) is 3.92. The van der Waals surface area contributed by atoms with Crippen molar-refractivity contribution in [2.75, 3.05) is 12.3 Å². The molecule has 0 fully saturated rings. The lowest BCUT2D eigenvalue weighted by Crippen LogP contribution is -2.38. The van der Waals surface area contributed by atoms with E-state index >= 15 is 0 Å². The summed E-state index contributed by atoms with van der Waals surface area (Å²) in [5, 5.41) is 11.3. The molecule has 60 valence electrons. The predicted octanol–water partition coefficient (Wildman–Crippen LogP) is 0.369. The van der Waals surface area contributed by atoms with Gasteiger partial charge in [0.15, 0.2) is 0 Å². The zero-order valence-corrected chi connectivity index (χ0v) is 6.90. The Balaban J connectivity index is 3.50. The molecule has 4 heteroatoms. The third-order valence-electron chi connectivity index (χ3n) is 1.12. The number of carbonyl (C=O) groups is 1. The van der Waals surface area contributed by atoms with E-state index in [1.54, 1.807) is 0 Å². The summed E-state index contributed by atoms with van der Waals surface area (Å²) >= 11 is 3.88. The van der Waals surface area contributed by atoms with Crippen LogP contribution in [0.5, 0.6) is 0 Å². The Kier molecular flexibility index (Phi) is 5.43. The number of carboxylic acid groups (broad SMARTS) is 1. The second-order valence-electron chi connectivity index (χ2n) is 2.03. The van der Waals surface area contributed by atoms with Gasteiger partial charge in [-0.1, -0.05) is 6.92 Å². The molecular formula is C6H13NO2S. The number of carboxylic acids is 1. The number of nitrogens with one attached hydrogen (secondary N) is 1. The van der Waals surface area contributed by atoms with Crippen molar-refractivity contribution in [1.29, 1.82) is 0 Å². The first-order chi connectivity index (χ1) is 4.72. The fourth-order valence-corrected chi connectivity index (χ4v) is 0.834. The van der Waals surface area contributed by atoms with E-state index in [2.05, 4.69) is 17.9 Å². The average Bonchev–Trinajstić information content (AvgIpc) is 1.89. The zero-order valence-electron chi connectivity index (χ0n) is 6.00. The average molecular weight is 163 g/mol. The topological polar surface area (TPSA) is 49.3 Å². The largest absolute Gasteiger partial charge is 0.480 e. The molecule has 0 heterocycles. The van der Waals surface area contributed by atoms with Gasteiger partial charge in [-0.3, -0.25) is 4.79 Å². The summed E-state index contributed by atoms with van der Waals surface area (Å²) in [6, 6.07) is -0.497. The van der Waals surface area contributed by atoms with Gasteiger partial charge in [-0.25, -0.2) is 0 Å². The van der Waals surface area contributed by atoms with Crippen molar-refractivity contribution < 1.29 is 9.90 Å². The third kappa shape index (κ3) is 3.74. The van der Waals surface area contributed by atoms with Crippen LogP contribution in [0.2, 0.25) is 0 Å². The standard InChI is InChI=1S/C6H13NO2S/c1-2-3-7-5(4-10)6(8)9/h5,7,10H,2-4H2,1H3,(H,8,9)/t5-/m1/s1. The fourth-order valence-electron chi connectivity index (χ4n) is 0.549. The van der Waals surface area contributed by atoms with Gasteiger partial charge in [-0.05, 0) is 13.0 Å². The Bertz CT molecular complexity index is 108. The predicted molar refractivity (Wildman–Crippen MR) is 43.6 cm³/mol. The van der Waals surface area contributed by atoms with E-state index in [4.69, 9.17) is 5.11 Å². The summed E-state index contributed by atoms with van der Waals surface area (Å²) in [6.07, 6.45) is 0.942. The second-order valence-corrected chi connectivity index (χ2v) is 2.39. The summed E-state index contributed by atoms with van der Waals surface area (Å²) < 4.78 is 0. The highest BCUT2D eigenvalue weighted by Gasteiger charge is 2.12. The van der Waals surface area contributed by atoms with Crippen molar-refractivity contribution in [1.82, 2.24) is 5.32 Å². The maximum Gasteiger partial charge on any atom is 0.321 e. The number of rotatable bonds is 5. The zero-order chi connectivity index (χ0) is 7.98. The number of aliphatic carboxylic acids is 1. The molecule has 0 aromatic carbocycles. The summed E-state index contributed by atoms with van der Waals surface area (Å²) in [5.41, 5.74) is 0. The molecule has 2 N–H and O–H groups in total. The minimum Gasteiger partial charge on any atom is -0.480 e. The van der Waals surface area contributed by atoms with Crippen molar-refractivity contribution in [3.05, 3.63) is 0 Å². The maximum atomic E-state index is 10.3. The molecule has 0 amide bonds. The van der Waals surface area contributed by atoms with Gasteiger partial charge in [0.05, 0.1) is 0 Å². The molecule has 0 aliphatic heterocycles. The second kappa shape index (κ2) is 5.56. The highest BCUT2D eigenvalue weighted by Crippen LogP contribution is 1.87. The van der Waals surface area contributed by atoms with Crippen LogP contribution in [0.15, 0.2) is 0 Å². The van der Waals surface area contributed by atoms with E-state index in [9.17, 15) is 4.79 Å². The minimum absolute atomic E-state index is 0.343. The van der Waals surface area contributed by atoms with Gasteiger partial charge in [0.1, 0.15) is 6.04 Å². The van der Waals surface area contributed by atoms with Crippen LogP contribution in [-0.2, 0) is 4.79 Å². The van der Waals surface area contributed by atoms with E-state index in [1.807, 2.05) is 6.92 Å². The van der Waals surface area contributed by atoms with Crippen LogP contribution in [0.25, 0.3) is 0 Å². The third-order valence-corrected chi connectivity index (χ3v) is 1.49. The number of thiol groups is 1. The van der Waals surface area contributed by atoms with Crippen molar-refractivity contribution in [2.24, 2.45) is 0 Å². The van der Waals surface area contributed by atoms with Crippen molar-refractivity contribution in [3.63, 3.8) is 0 Å². The molecule has 0 aliphatic rings. The van der Waals surface area contributed by atoms with E-state index in [-0.39, 0.29) is 0 Å². The molecule has 10 heavy (non-hydrogen) atoms. The molecule has 0 saturated carbocycles. The van der Waals surface area contributed by atoms with E-state index in [1.165, 1.54) is 0 Å². The van der Waals surface area contributed by atoms with Crippen molar-refractivity contribution in [3.8, 4) is 0 Å². The number of hydrogen-bond donors (Lipinski definition) is 3. The minimum atomic E-state index is -0.830.